The first kappa shape index (κ1) is 11.6. The Hall–Kier alpha value is -0.875. The molecule has 0 radical (unpaired) electrons. The van der Waals surface area contributed by atoms with Crippen molar-refractivity contribution in [1.82, 2.24) is 5.32 Å². The van der Waals surface area contributed by atoms with Crippen molar-refractivity contribution >= 4 is 12.6 Å². The third-order valence-corrected chi connectivity index (χ3v) is 2.75. The molecule has 0 bridgehead atoms. The fourth-order valence-corrected chi connectivity index (χ4v) is 1.84. The topological polar surface area (TPSA) is 61.7 Å². The van der Waals surface area contributed by atoms with Gasteiger partial charge in [-0.1, -0.05) is 24.3 Å². The molecule has 1 fully saturated rings. The quantitative estimate of drug-likeness (QED) is 0.567. The van der Waals surface area contributed by atoms with Crippen molar-refractivity contribution in [1.29, 1.82) is 0 Å². The van der Waals surface area contributed by atoms with Crippen molar-refractivity contribution < 1.29 is 14.8 Å². The van der Waals surface area contributed by atoms with Gasteiger partial charge >= 0.3 is 7.12 Å². The Labute approximate surface area is 95.4 Å². The second-order valence-corrected chi connectivity index (χ2v) is 4.02. The molecule has 2 rings (SSSR count). The van der Waals surface area contributed by atoms with Crippen LogP contribution in [0.1, 0.15) is 5.56 Å². The van der Waals surface area contributed by atoms with Crippen molar-refractivity contribution in [3.05, 3.63) is 29.8 Å². The monoisotopic (exact) mass is 221 g/mol. The van der Waals surface area contributed by atoms with Crippen LogP contribution in [0.3, 0.4) is 0 Å². The predicted molar refractivity (Wildman–Crippen MR) is 62.6 cm³/mol. The first-order valence-corrected chi connectivity index (χ1v) is 5.53. The Bertz CT molecular complexity index is 323. The largest absolute Gasteiger partial charge is 0.488 e. The van der Waals surface area contributed by atoms with E-state index in [1.807, 2.05) is 12.1 Å². The summed E-state index contributed by atoms with van der Waals surface area (Å²) in [7, 11) is -1.39. The summed E-state index contributed by atoms with van der Waals surface area (Å²) >= 11 is 0. The molecule has 1 atom stereocenters. The van der Waals surface area contributed by atoms with Gasteiger partial charge in [0, 0.05) is 13.1 Å². The highest BCUT2D eigenvalue weighted by Crippen LogP contribution is 2.06. The van der Waals surface area contributed by atoms with Crippen LogP contribution in [0.4, 0.5) is 0 Å². The molecule has 4 nitrogen and oxygen atoms in total. The highest BCUT2D eigenvalue weighted by molar-refractivity contribution is 6.58. The number of hydrogen-bond acceptors (Lipinski definition) is 4. The molecule has 0 amide bonds. The third kappa shape index (κ3) is 3.06. The maximum atomic E-state index is 8.96. The van der Waals surface area contributed by atoms with Crippen LogP contribution in [0, 0.1) is 0 Å². The van der Waals surface area contributed by atoms with Gasteiger partial charge in [-0.15, -0.1) is 0 Å². The maximum Gasteiger partial charge on any atom is 0.488 e. The van der Waals surface area contributed by atoms with Gasteiger partial charge in [0.1, 0.15) is 0 Å². The van der Waals surface area contributed by atoms with Crippen LogP contribution in [0.2, 0.25) is 0 Å². The van der Waals surface area contributed by atoms with E-state index in [-0.39, 0.29) is 6.10 Å². The molecular formula is C11H16BNO3. The van der Waals surface area contributed by atoms with Gasteiger partial charge in [-0.05, 0) is 17.4 Å². The van der Waals surface area contributed by atoms with Gasteiger partial charge in [-0.25, -0.2) is 0 Å². The Kier molecular flexibility index (Phi) is 3.95. The van der Waals surface area contributed by atoms with E-state index in [4.69, 9.17) is 14.8 Å². The molecule has 1 aromatic rings. The van der Waals surface area contributed by atoms with Gasteiger partial charge in [0.05, 0.1) is 12.7 Å². The molecule has 1 saturated heterocycles. The van der Waals surface area contributed by atoms with Gasteiger partial charge in [0.25, 0.3) is 0 Å². The van der Waals surface area contributed by atoms with Crippen molar-refractivity contribution in [2.24, 2.45) is 0 Å². The van der Waals surface area contributed by atoms with E-state index in [0.29, 0.717) is 5.46 Å². The zero-order chi connectivity index (χ0) is 11.4. The van der Waals surface area contributed by atoms with Crippen molar-refractivity contribution in [3.8, 4) is 0 Å². The Morgan fingerprint density at radius 2 is 2.06 bits per heavy atom. The second-order valence-electron chi connectivity index (χ2n) is 4.02. The summed E-state index contributed by atoms with van der Waals surface area (Å²) in [6, 6.07) is 7.28. The molecule has 1 aromatic carbocycles. The minimum Gasteiger partial charge on any atom is -0.423 e. The highest BCUT2D eigenvalue weighted by Gasteiger charge is 2.14. The molecule has 0 aliphatic carbocycles. The molecule has 0 aromatic heterocycles. The summed E-state index contributed by atoms with van der Waals surface area (Å²) in [5, 5.41) is 21.2. The number of hydrogen-bond donors (Lipinski definition) is 3. The number of nitrogens with one attached hydrogen (secondary N) is 1. The van der Waals surface area contributed by atoms with E-state index in [2.05, 4.69) is 5.32 Å². The summed E-state index contributed by atoms with van der Waals surface area (Å²) in [6.45, 7) is 2.56. The van der Waals surface area contributed by atoms with Crippen LogP contribution in [0.25, 0.3) is 0 Å². The summed E-state index contributed by atoms with van der Waals surface area (Å²) in [6.07, 6.45) is 1.08. The second kappa shape index (κ2) is 5.45. The summed E-state index contributed by atoms with van der Waals surface area (Å²) in [4.78, 5) is 0. The van der Waals surface area contributed by atoms with Gasteiger partial charge in [-0.2, -0.15) is 0 Å². The van der Waals surface area contributed by atoms with E-state index < -0.39 is 7.12 Å². The molecule has 0 spiro atoms. The minimum atomic E-state index is -1.39. The normalized spacial score (nSPS) is 20.8. The fourth-order valence-electron chi connectivity index (χ4n) is 1.84. The van der Waals surface area contributed by atoms with Crippen molar-refractivity contribution in [3.63, 3.8) is 0 Å². The average Bonchev–Trinajstić information content (AvgIpc) is 2.31. The zero-order valence-electron chi connectivity index (χ0n) is 9.10. The maximum absolute atomic E-state index is 8.96. The van der Waals surface area contributed by atoms with Gasteiger partial charge in [0.15, 0.2) is 0 Å². The van der Waals surface area contributed by atoms with Crippen molar-refractivity contribution in [2.45, 2.75) is 12.5 Å². The van der Waals surface area contributed by atoms with Crippen LogP contribution in [-0.2, 0) is 11.2 Å². The lowest BCUT2D eigenvalue weighted by atomic mass is 9.80. The zero-order valence-corrected chi connectivity index (χ0v) is 9.10. The molecule has 3 N–H and O–H groups in total. The van der Waals surface area contributed by atoms with E-state index in [9.17, 15) is 0 Å². The van der Waals surface area contributed by atoms with Crippen molar-refractivity contribution in [2.75, 3.05) is 19.7 Å². The average molecular weight is 221 g/mol. The molecule has 1 aliphatic rings. The van der Waals surface area contributed by atoms with Crippen LogP contribution >= 0.6 is 0 Å². The molecule has 1 aliphatic heterocycles. The molecule has 86 valence electrons. The standard InChI is InChI=1S/C11H16BNO3/c14-12(15)10-3-1-9(2-4-10)7-11-8-13-5-6-16-11/h1-4,11,13-15H,5-8H2. The number of benzene rings is 1. The Balaban J connectivity index is 1.93. The minimum absolute atomic E-state index is 0.221. The summed E-state index contributed by atoms with van der Waals surface area (Å²) < 4.78 is 5.60. The summed E-state index contributed by atoms with van der Waals surface area (Å²) in [5.41, 5.74) is 1.67. The van der Waals surface area contributed by atoms with Gasteiger partial charge in [-0.3, -0.25) is 0 Å². The predicted octanol–water partition coefficient (Wildman–Crippen LogP) is -1.10. The molecule has 0 saturated carbocycles. The summed E-state index contributed by atoms with van der Waals surface area (Å²) in [5.74, 6) is 0. The molecule has 1 heterocycles. The molecule has 5 heteroatoms. The first-order valence-electron chi connectivity index (χ1n) is 5.53. The lowest BCUT2D eigenvalue weighted by molar-refractivity contribution is 0.0292. The number of rotatable bonds is 3. The Morgan fingerprint density at radius 3 is 2.62 bits per heavy atom. The number of ether oxygens (including phenoxy) is 1. The molecule has 16 heavy (non-hydrogen) atoms. The fraction of sp³-hybridized carbons (Fsp3) is 0.455. The SMILES string of the molecule is OB(O)c1ccc(CC2CNCCO2)cc1. The van der Waals surface area contributed by atoms with Gasteiger partial charge in [0.2, 0.25) is 0 Å². The van der Waals surface area contributed by atoms with Crippen LogP contribution in [0.5, 0.6) is 0 Å². The van der Waals surface area contributed by atoms with E-state index in [1.165, 1.54) is 0 Å². The van der Waals surface area contributed by atoms with E-state index >= 15 is 0 Å². The lowest BCUT2D eigenvalue weighted by Crippen LogP contribution is -2.39. The first-order chi connectivity index (χ1) is 7.75. The molecular weight excluding hydrogens is 205 g/mol. The third-order valence-electron chi connectivity index (χ3n) is 2.75. The molecule has 1 unspecified atom stereocenters. The van der Waals surface area contributed by atoms with Crippen LogP contribution < -0.4 is 10.8 Å². The Morgan fingerprint density at radius 1 is 1.31 bits per heavy atom. The van der Waals surface area contributed by atoms with Gasteiger partial charge < -0.3 is 20.1 Å². The van der Waals surface area contributed by atoms with E-state index in [1.54, 1.807) is 12.1 Å². The highest BCUT2D eigenvalue weighted by atomic mass is 16.5. The van der Waals surface area contributed by atoms with Crippen LogP contribution in [-0.4, -0.2) is 43.0 Å². The van der Waals surface area contributed by atoms with Crippen LogP contribution in [0.15, 0.2) is 24.3 Å². The lowest BCUT2D eigenvalue weighted by Gasteiger charge is -2.23. The number of morpholine rings is 1. The van der Waals surface area contributed by atoms with E-state index in [0.717, 1.165) is 31.7 Å². The smallest absolute Gasteiger partial charge is 0.423 e.